The number of nitrogens with zero attached hydrogens (tertiary/aromatic N) is 2. The van der Waals surface area contributed by atoms with Crippen LogP contribution in [0, 0.1) is 6.92 Å². The molecule has 0 aliphatic carbocycles. The second-order valence-electron chi connectivity index (χ2n) is 5.50. The average Bonchev–Trinajstić information content (AvgIpc) is 2.39. The second kappa shape index (κ2) is 5.67. The number of pyridine rings is 1. The van der Waals surface area contributed by atoms with Gasteiger partial charge in [-0.3, -0.25) is 14.7 Å². The van der Waals surface area contributed by atoms with Crippen LogP contribution in [0.5, 0.6) is 0 Å². The van der Waals surface area contributed by atoms with E-state index in [1.54, 1.807) is 12.4 Å². The molecule has 0 bridgehead atoms. The molecule has 104 valence electrons. The van der Waals surface area contributed by atoms with E-state index in [0.29, 0.717) is 0 Å². The zero-order chi connectivity index (χ0) is 13.9. The largest absolute Gasteiger partial charge is 0.323 e. The molecule has 1 fully saturated rings. The third-order valence-corrected chi connectivity index (χ3v) is 3.60. The van der Waals surface area contributed by atoms with E-state index in [4.69, 9.17) is 0 Å². The van der Waals surface area contributed by atoms with Crippen LogP contribution in [-0.2, 0) is 4.79 Å². The lowest BCUT2D eigenvalue weighted by atomic mass is 10.0. The molecule has 1 aromatic heterocycles. The third-order valence-electron chi connectivity index (χ3n) is 3.60. The van der Waals surface area contributed by atoms with E-state index in [0.717, 1.165) is 37.4 Å². The van der Waals surface area contributed by atoms with Crippen molar-refractivity contribution in [3.63, 3.8) is 0 Å². The first-order valence-electron chi connectivity index (χ1n) is 6.69. The predicted octanol–water partition coefficient (Wildman–Crippen LogP) is 1.01. The number of piperazine rings is 1. The molecule has 1 aliphatic heterocycles. The number of hydrogen-bond donors (Lipinski definition) is 2. The molecule has 2 rings (SSSR count). The van der Waals surface area contributed by atoms with Gasteiger partial charge in [-0.15, -0.1) is 0 Å². The number of carbonyl (C=O) groups is 1. The Morgan fingerprint density at radius 1 is 1.37 bits per heavy atom. The maximum absolute atomic E-state index is 12.4. The van der Waals surface area contributed by atoms with Crippen LogP contribution >= 0.6 is 0 Å². The fraction of sp³-hybridized carbons (Fsp3) is 0.571. The monoisotopic (exact) mass is 262 g/mol. The van der Waals surface area contributed by atoms with Crippen LogP contribution < -0.4 is 10.6 Å². The van der Waals surface area contributed by atoms with Crippen LogP contribution in [0.1, 0.15) is 19.4 Å². The summed E-state index contributed by atoms with van der Waals surface area (Å²) in [5, 5.41) is 6.26. The van der Waals surface area contributed by atoms with Crippen LogP contribution in [0.4, 0.5) is 5.69 Å². The molecule has 0 saturated carbocycles. The van der Waals surface area contributed by atoms with Crippen molar-refractivity contribution in [1.82, 2.24) is 15.2 Å². The van der Waals surface area contributed by atoms with Gasteiger partial charge in [0.05, 0.1) is 17.4 Å². The molecule has 1 amide bonds. The van der Waals surface area contributed by atoms with Gasteiger partial charge in [0.15, 0.2) is 0 Å². The standard InChI is InChI=1S/C14H22N4O/c1-11-8-12(10-16-9-11)17-13(19)14(2,3)18-6-4-15-5-7-18/h8-10,15H,4-7H2,1-3H3,(H,17,19). The predicted molar refractivity (Wildman–Crippen MR) is 76.1 cm³/mol. The Kier molecular flexibility index (Phi) is 4.17. The lowest BCUT2D eigenvalue weighted by Crippen LogP contribution is -2.58. The molecular weight excluding hydrogens is 240 g/mol. The number of rotatable bonds is 3. The fourth-order valence-electron chi connectivity index (χ4n) is 2.27. The first kappa shape index (κ1) is 14.0. The van der Waals surface area contributed by atoms with Gasteiger partial charge in [-0.1, -0.05) is 0 Å². The molecule has 0 spiro atoms. The van der Waals surface area contributed by atoms with Crippen molar-refractivity contribution in [2.75, 3.05) is 31.5 Å². The Bertz CT molecular complexity index is 453. The molecule has 2 N–H and O–H groups in total. The molecule has 5 nitrogen and oxygen atoms in total. The van der Waals surface area contributed by atoms with E-state index in [9.17, 15) is 4.79 Å². The summed E-state index contributed by atoms with van der Waals surface area (Å²) in [5.74, 6) is 0.0156. The van der Waals surface area contributed by atoms with Gasteiger partial charge in [0.2, 0.25) is 5.91 Å². The van der Waals surface area contributed by atoms with Crippen LogP contribution in [0.25, 0.3) is 0 Å². The Morgan fingerprint density at radius 2 is 2.05 bits per heavy atom. The lowest BCUT2D eigenvalue weighted by Gasteiger charge is -2.39. The summed E-state index contributed by atoms with van der Waals surface area (Å²) in [6, 6.07) is 1.93. The number of aryl methyl sites for hydroxylation is 1. The van der Waals surface area contributed by atoms with E-state index < -0.39 is 5.54 Å². The van der Waals surface area contributed by atoms with Crippen LogP contribution in [0.3, 0.4) is 0 Å². The molecule has 5 heteroatoms. The van der Waals surface area contributed by atoms with E-state index in [1.807, 2.05) is 26.8 Å². The van der Waals surface area contributed by atoms with Crippen molar-refractivity contribution in [3.8, 4) is 0 Å². The number of hydrogen-bond acceptors (Lipinski definition) is 4. The van der Waals surface area contributed by atoms with Gasteiger partial charge in [-0.05, 0) is 32.4 Å². The maximum Gasteiger partial charge on any atom is 0.244 e. The van der Waals surface area contributed by atoms with E-state index >= 15 is 0 Å². The molecular formula is C14H22N4O. The first-order valence-corrected chi connectivity index (χ1v) is 6.69. The number of anilines is 1. The molecule has 1 saturated heterocycles. The van der Waals surface area contributed by atoms with Gasteiger partial charge in [0.25, 0.3) is 0 Å². The first-order chi connectivity index (χ1) is 9.00. The van der Waals surface area contributed by atoms with Crippen molar-refractivity contribution in [3.05, 3.63) is 24.0 Å². The molecule has 0 aromatic carbocycles. The fourth-order valence-corrected chi connectivity index (χ4v) is 2.27. The van der Waals surface area contributed by atoms with Gasteiger partial charge < -0.3 is 10.6 Å². The summed E-state index contributed by atoms with van der Waals surface area (Å²) in [6.07, 6.45) is 3.45. The van der Waals surface area contributed by atoms with Crippen LogP contribution in [0.15, 0.2) is 18.5 Å². The van der Waals surface area contributed by atoms with Gasteiger partial charge in [0, 0.05) is 32.4 Å². The molecule has 19 heavy (non-hydrogen) atoms. The number of nitrogens with one attached hydrogen (secondary N) is 2. The summed E-state index contributed by atoms with van der Waals surface area (Å²) < 4.78 is 0. The normalized spacial score (nSPS) is 17.2. The maximum atomic E-state index is 12.4. The highest BCUT2D eigenvalue weighted by molar-refractivity contribution is 5.97. The number of carbonyl (C=O) groups excluding carboxylic acids is 1. The van der Waals surface area contributed by atoms with E-state index in [2.05, 4.69) is 20.5 Å². The third kappa shape index (κ3) is 3.30. The van der Waals surface area contributed by atoms with Gasteiger partial charge in [-0.2, -0.15) is 0 Å². The summed E-state index contributed by atoms with van der Waals surface area (Å²) in [7, 11) is 0. The van der Waals surface area contributed by atoms with E-state index in [-0.39, 0.29) is 5.91 Å². The SMILES string of the molecule is Cc1cncc(NC(=O)C(C)(C)N2CCNCC2)c1. The van der Waals surface area contributed by atoms with Crippen molar-refractivity contribution in [2.45, 2.75) is 26.3 Å². The smallest absolute Gasteiger partial charge is 0.244 e. The minimum Gasteiger partial charge on any atom is -0.323 e. The Labute approximate surface area is 114 Å². The highest BCUT2D eigenvalue weighted by atomic mass is 16.2. The topological polar surface area (TPSA) is 57.3 Å². The molecule has 1 aromatic rings. The van der Waals surface area contributed by atoms with Gasteiger partial charge in [-0.25, -0.2) is 0 Å². The van der Waals surface area contributed by atoms with Crippen molar-refractivity contribution in [2.24, 2.45) is 0 Å². The Balaban J connectivity index is 2.05. The summed E-state index contributed by atoms with van der Waals surface area (Å²) in [6.45, 7) is 9.56. The quantitative estimate of drug-likeness (QED) is 0.853. The molecule has 0 atom stereocenters. The average molecular weight is 262 g/mol. The zero-order valence-electron chi connectivity index (χ0n) is 11.9. The van der Waals surface area contributed by atoms with Crippen molar-refractivity contribution >= 4 is 11.6 Å². The summed E-state index contributed by atoms with van der Waals surface area (Å²) >= 11 is 0. The minimum atomic E-state index is -0.508. The van der Waals surface area contributed by atoms with Crippen molar-refractivity contribution < 1.29 is 4.79 Å². The lowest BCUT2D eigenvalue weighted by molar-refractivity contribution is -0.126. The number of aromatic nitrogens is 1. The van der Waals surface area contributed by atoms with Gasteiger partial charge >= 0.3 is 0 Å². The van der Waals surface area contributed by atoms with Gasteiger partial charge in [0.1, 0.15) is 0 Å². The highest BCUT2D eigenvalue weighted by Gasteiger charge is 2.35. The summed E-state index contributed by atoms with van der Waals surface area (Å²) in [4.78, 5) is 18.7. The molecule has 0 radical (unpaired) electrons. The zero-order valence-corrected chi connectivity index (χ0v) is 11.9. The molecule has 2 heterocycles. The Morgan fingerprint density at radius 3 is 2.68 bits per heavy atom. The molecule has 1 aliphatic rings. The van der Waals surface area contributed by atoms with Crippen LogP contribution in [-0.4, -0.2) is 47.5 Å². The van der Waals surface area contributed by atoms with Crippen molar-refractivity contribution in [1.29, 1.82) is 0 Å². The highest BCUT2D eigenvalue weighted by Crippen LogP contribution is 2.18. The van der Waals surface area contributed by atoms with Crippen LogP contribution in [0.2, 0.25) is 0 Å². The second-order valence-corrected chi connectivity index (χ2v) is 5.50. The summed E-state index contributed by atoms with van der Waals surface area (Å²) in [5.41, 5.74) is 1.29. The van der Waals surface area contributed by atoms with E-state index in [1.165, 1.54) is 0 Å². The Hall–Kier alpha value is -1.46. The minimum absolute atomic E-state index is 0.0156. The molecule has 0 unspecified atom stereocenters. The number of amides is 1.